The average molecular weight is 1070 g/mol. The van der Waals surface area contributed by atoms with E-state index in [1.807, 2.05) is 0 Å². The molecule has 2 aliphatic heterocycles. The summed E-state index contributed by atoms with van der Waals surface area (Å²) in [7, 11) is 0. The summed E-state index contributed by atoms with van der Waals surface area (Å²) in [4.78, 5) is 99.4. The Labute approximate surface area is 452 Å². The van der Waals surface area contributed by atoms with Crippen LogP contribution in [0.3, 0.4) is 0 Å². The number of esters is 7. The fourth-order valence-corrected chi connectivity index (χ4v) is 8.68. The number of ether oxygens (including phenoxy) is 10. The number of carbonyl (C=O) groups excluding carboxylic acids is 7. The molecular formula is C61H50O18. The van der Waals surface area contributed by atoms with Crippen LogP contribution in [0.25, 0.3) is 0 Å². The molecule has 0 radical (unpaired) electrons. The molecule has 7 aromatic carbocycles. The smallest absolute Gasteiger partial charge is 0.338 e. The fourth-order valence-electron chi connectivity index (χ4n) is 8.68. The standard InChI is InChI=1S/C61H50O18/c62-36-46-49(74-56(66)42-28-14-4-15-29-42)52(77-59(69)45-34-20-7-21-35-45)61(78-46,38-71-54(64)40-24-10-2-11-25-40)79-60-51(76-58(68)44-32-18-6-19-33-44)50(75-57(67)43-30-16-5-17-31-43)48(73-55(65)41-26-12-3-13-27-41)47(72-60)37-70-53(63)39-22-8-1-9-23-39/h1-35,46-52,60,62H,36-38H2/t46-,47-,48-,49-,50+,51-,52+,60-,61+/m1/s1. The van der Waals surface area contributed by atoms with Crippen molar-refractivity contribution in [2.45, 2.75) is 54.8 Å². The van der Waals surface area contributed by atoms with E-state index in [0.717, 1.165) is 0 Å². The molecule has 9 atom stereocenters. The summed E-state index contributed by atoms with van der Waals surface area (Å²) in [6, 6.07) is 53.8. The van der Waals surface area contributed by atoms with E-state index in [9.17, 15) is 38.7 Å². The van der Waals surface area contributed by atoms with Crippen molar-refractivity contribution < 1.29 is 86.0 Å². The van der Waals surface area contributed by atoms with Gasteiger partial charge in [0.05, 0.1) is 45.6 Å². The van der Waals surface area contributed by atoms with Crippen LogP contribution >= 0.6 is 0 Å². The number of aliphatic hydroxyl groups excluding tert-OH is 1. The Morgan fingerprint density at radius 2 is 0.684 bits per heavy atom. The van der Waals surface area contributed by atoms with Crippen LogP contribution in [0.4, 0.5) is 0 Å². The summed E-state index contributed by atoms with van der Waals surface area (Å²) in [5.74, 6) is -9.67. The van der Waals surface area contributed by atoms with Gasteiger partial charge in [0.15, 0.2) is 30.5 Å². The van der Waals surface area contributed by atoms with Crippen LogP contribution in [-0.2, 0) is 47.4 Å². The van der Waals surface area contributed by atoms with E-state index < -0.39 is 116 Å². The predicted octanol–water partition coefficient (Wildman–Crippen LogP) is 7.66. The summed E-state index contributed by atoms with van der Waals surface area (Å²) < 4.78 is 62.9. The molecule has 18 nitrogen and oxygen atoms in total. The number of aliphatic hydroxyl groups is 1. The molecule has 0 bridgehead atoms. The van der Waals surface area contributed by atoms with E-state index in [2.05, 4.69) is 0 Å². The third-order valence-corrected chi connectivity index (χ3v) is 12.6. The largest absolute Gasteiger partial charge is 0.459 e. The summed E-state index contributed by atoms with van der Waals surface area (Å²) >= 11 is 0. The van der Waals surface area contributed by atoms with Crippen molar-refractivity contribution in [2.75, 3.05) is 19.8 Å². The maximum absolute atomic E-state index is 14.5. The average Bonchev–Trinajstić information content (AvgIpc) is 4.07. The van der Waals surface area contributed by atoms with Gasteiger partial charge in [0, 0.05) is 0 Å². The lowest BCUT2D eigenvalue weighted by molar-refractivity contribution is -0.380. The highest BCUT2D eigenvalue weighted by molar-refractivity contribution is 5.93. The van der Waals surface area contributed by atoms with E-state index in [4.69, 9.17) is 47.4 Å². The molecule has 0 amide bonds. The first-order chi connectivity index (χ1) is 38.5. The van der Waals surface area contributed by atoms with Gasteiger partial charge in [0.2, 0.25) is 12.1 Å². The van der Waals surface area contributed by atoms with Crippen molar-refractivity contribution in [3.63, 3.8) is 0 Å². The molecular weight excluding hydrogens is 1020 g/mol. The first-order valence-electron chi connectivity index (χ1n) is 24.9. The topological polar surface area (TPSA) is 232 Å². The second-order valence-corrected chi connectivity index (χ2v) is 17.9. The minimum absolute atomic E-state index is 0.00930. The zero-order valence-electron chi connectivity index (χ0n) is 41.8. The van der Waals surface area contributed by atoms with Crippen LogP contribution in [0.15, 0.2) is 212 Å². The summed E-state index contributed by atoms with van der Waals surface area (Å²) in [6.45, 7) is -2.79. The van der Waals surface area contributed by atoms with Crippen LogP contribution in [0.5, 0.6) is 0 Å². The van der Waals surface area contributed by atoms with Gasteiger partial charge >= 0.3 is 41.8 Å². The monoisotopic (exact) mass is 1070 g/mol. The Bertz CT molecular complexity index is 3190. The van der Waals surface area contributed by atoms with Crippen molar-refractivity contribution >= 4 is 41.8 Å². The van der Waals surface area contributed by atoms with Crippen LogP contribution in [0.2, 0.25) is 0 Å². The highest BCUT2D eigenvalue weighted by Gasteiger charge is 2.65. The highest BCUT2D eigenvalue weighted by Crippen LogP contribution is 2.42. The second-order valence-electron chi connectivity index (χ2n) is 17.9. The van der Waals surface area contributed by atoms with E-state index in [1.54, 1.807) is 127 Å². The Balaban J connectivity index is 1.21. The molecule has 2 heterocycles. The van der Waals surface area contributed by atoms with Gasteiger partial charge in [-0.05, 0) is 84.9 Å². The fraction of sp³-hybridized carbons (Fsp3) is 0.197. The number of hydrogen-bond donors (Lipinski definition) is 1. The first kappa shape index (κ1) is 54.5. The van der Waals surface area contributed by atoms with E-state index in [0.29, 0.717) is 0 Å². The van der Waals surface area contributed by atoms with Crippen molar-refractivity contribution in [1.82, 2.24) is 0 Å². The molecule has 0 aromatic heterocycles. The van der Waals surface area contributed by atoms with E-state index in [1.165, 1.54) is 84.9 Å². The van der Waals surface area contributed by atoms with Gasteiger partial charge in [0.25, 0.3) is 0 Å². The van der Waals surface area contributed by atoms with Gasteiger partial charge in [-0.3, -0.25) is 0 Å². The van der Waals surface area contributed by atoms with E-state index >= 15 is 0 Å². The Kier molecular flexibility index (Phi) is 17.7. The molecule has 0 saturated carbocycles. The molecule has 1 N–H and O–H groups in total. The lowest BCUT2D eigenvalue weighted by Gasteiger charge is -2.46. The van der Waals surface area contributed by atoms with Crippen LogP contribution in [0.1, 0.15) is 72.5 Å². The van der Waals surface area contributed by atoms with E-state index in [-0.39, 0.29) is 38.9 Å². The molecule has 2 aliphatic rings. The minimum Gasteiger partial charge on any atom is -0.459 e. The van der Waals surface area contributed by atoms with Gasteiger partial charge < -0.3 is 52.5 Å². The minimum atomic E-state index is -2.77. The Morgan fingerprint density at radius 1 is 0.367 bits per heavy atom. The van der Waals surface area contributed by atoms with Gasteiger partial charge in [-0.15, -0.1) is 0 Å². The summed E-state index contributed by atoms with van der Waals surface area (Å²) in [5, 5.41) is 11.1. The lowest BCUT2D eigenvalue weighted by atomic mass is 9.97. The molecule has 7 aromatic rings. The van der Waals surface area contributed by atoms with Gasteiger partial charge in [-0.1, -0.05) is 127 Å². The molecule has 18 heteroatoms. The molecule has 0 spiro atoms. The van der Waals surface area contributed by atoms with Crippen LogP contribution in [-0.4, -0.2) is 122 Å². The summed E-state index contributed by atoms with van der Waals surface area (Å²) in [6.07, 6.45) is -15.2. The normalized spacial score (nSPS) is 22.2. The predicted molar refractivity (Wildman–Crippen MR) is 276 cm³/mol. The maximum atomic E-state index is 14.5. The zero-order valence-corrected chi connectivity index (χ0v) is 41.8. The van der Waals surface area contributed by atoms with Crippen molar-refractivity contribution in [2.24, 2.45) is 0 Å². The molecule has 0 unspecified atom stereocenters. The molecule has 2 fully saturated rings. The Hall–Kier alpha value is -9.33. The van der Waals surface area contributed by atoms with Crippen molar-refractivity contribution in [1.29, 1.82) is 0 Å². The number of carbonyl (C=O) groups is 7. The van der Waals surface area contributed by atoms with Gasteiger partial charge in [-0.2, -0.15) is 0 Å². The third kappa shape index (κ3) is 13.3. The molecule has 79 heavy (non-hydrogen) atoms. The third-order valence-electron chi connectivity index (χ3n) is 12.6. The first-order valence-corrected chi connectivity index (χ1v) is 24.9. The van der Waals surface area contributed by atoms with Crippen LogP contribution < -0.4 is 0 Å². The molecule has 402 valence electrons. The quantitative estimate of drug-likeness (QED) is 0.0605. The number of rotatable bonds is 19. The van der Waals surface area contributed by atoms with Gasteiger partial charge in [-0.25, -0.2) is 33.6 Å². The zero-order chi connectivity index (χ0) is 55.1. The number of hydrogen-bond acceptors (Lipinski definition) is 18. The van der Waals surface area contributed by atoms with Crippen LogP contribution in [0, 0.1) is 0 Å². The SMILES string of the molecule is O=C(OC[C@H]1O[C@H](O[C@]2(COC(=O)c3ccccc3)O[C@H](CO)[C@@H](OC(=O)c3ccccc3)[C@@H]2OC(=O)c2ccccc2)[C@H](OC(=O)c2ccccc2)[C@@H](OC(=O)c2ccccc2)[C@@H]1OC(=O)c1ccccc1)c1ccccc1. The number of benzene rings is 7. The van der Waals surface area contributed by atoms with Gasteiger partial charge in [0.1, 0.15) is 25.4 Å². The van der Waals surface area contributed by atoms with Crippen molar-refractivity contribution in [3.05, 3.63) is 251 Å². The molecule has 0 aliphatic carbocycles. The lowest BCUT2D eigenvalue weighted by Crippen LogP contribution is -2.66. The molecule has 9 rings (SSSR count). The maximum Gasteiger partial charge on any atom is 0.338 e. The molecule has 2 saturated heterocycles. The van der Waals surface area contributed by atoms with Crippen molar-refractivity contribution in [3.8, 4) is 0 Å². The Morgan fingerprint density at radius 3 is 1.06 bits per heavy atom. The summed E-state index contributed by atoms with van der Waals surface area (Å²) in [5.41, 5.74) is 0.162. The second kappa shape index (κ2) is 25.7. The highest BCUT2D eigenvalue weighted by atomic mass is 16.8.